The second kappa shape index (κ2) is 10.9. The highest BCUT2D eigenvalue weighted by atomic mass is 127. The van der Waals surface area contributed by atoms with Crippen LogP contribution >= 0.6 is 34.2 Å². The Kier molecular flexibility index (Phi) is 8.61. The van der Waals surface area contributed by atoms with E-state index in [2.05, 4.69) is 34.5 Å². The molecule has 0 spiro atoms. The molecule has 0 saturated carbocycles. The summed E-state index contributed by atoms with van der Waals surface area (Å²) in [4.78, 5) is 4.36. The van der Waals surface area contributed by atoms with Crippen molar-refractivity contribution in [2.75, 3.05) is 7.11 Å². The number of phenolic OH excluding ortho intramolecular Hbond substituents is 1. The van der Waals surface area contributed by atoms with Crippen LogP contribution in [-0.2, 0) is 6.42 Å². The summed E-state index contributed by atoms with van der Waals surface area (Å²) < 4.78 is 6.22. The maximum atomic E-state index is 9.48. The van der Waals surface area contributed by atoms with Gasteiger partial charge in [0.1, 0.15) is 0 Å². The smallest absolute Gasteiger partial charge is 0.161 e. The van der Waals surface area contributed by atoms with Crippen LogP contribution in [0.1, 0.15) is 18.1 Å². The molecule has 0 aromatic heterocycles. The zero-order valence-electron chi connectivity index (χ0n) is 15.2. The summed E-state index contributed by atoms with van der Waals surface area (Å²) in [6.45, 7) is 2.13. The van der Waals surface area contributed by atoms with Gasteiger partial charge in [-0.25, -0.2) is 0 Å². The van der Waals surface area contributed by atoms with E-state index in [-0.39, 0.29) is 5.75 Å². The third-order valence-electron chi connectivity index (χ3n) is 3.71. The average molecular weight is 494 g/mol. The van der Waals surface area contributed by atoms with Gasteiger partial charge in [-0.3, -0.25) is 4.99 Å². The maximum Gasteiger partial charge on any atom is 0.161 e. The van der Waals surface area contributed by atoms with Gasteiger partial charge >= 0.3 is 0 Å². The first-order chi connectivity index (χ1) is 13.0. The lowest BCUT2D eigenvalue weighted by molar-refractivity contribution is 0.373. The Morgan fingerprint density at radius 2 is 1.70 bits per heavy atom. The second-order valence-electron chi connectivity index (χ2n) is 5.65. The molecule has 3 rings (SSSR count). The van der Waals surface area contributed by atoms with Crippen molar-refractivity contribution in [3.8, 4) is 11.5 Å². The van der Waals surface area contributed by atoms with Gasteiger partial charge < -0.3 is 9.84 Å². The van der Waals surface area contributed by atoms with Crippen molar-refractivity contribution in [3.63, 3.8) is 0 Å². The zero-order valence-corrected chi connectivity index (χ0v) is 18.1. The van der Waals surface area contributed by atoms with Crippen LogP contribution in [0.25, 0.3) is 0 Å². The Hall–Kier alpha value is -2.05. The summed E-state index contributed by atoms with van der Waals surface area (Å²) in [5.74, 6) is 0.575. The van der Waals surface area contributed by atoms with Gasteiger partial charge in [0.05, 0.1) is 12.8 Å². The van der Waals surface area contributed by atoms with Crippen LogP contribution in [0.5, 0.6) is 11.5 Å². The third-order valence-corrected chi connectivity index (χ3v) is 4.69. The summed E-state index contributed by atoms with van der Waals surface area (Å²) in [7, 11) is 1.52. The Bertz CT molecular complexity index is 878. The van der Waals surface area contributed by atoms with Crippen molar-refractivity contribution in [1.29, 1.82) is 0 Å². The highest BCUT2D eigenvalue weighted by molar-refractivity contribution is 14.1. The number of rotatable bonds is 4. The summed E-state index contributed by atoms with van der Waals surface area (Å²) in [5, 5.41) is 10.3. The molecule has 3 nitrogen and oxygen atoms in total. The van der Waals surface area contributed by atoms with Crippen LogP contribution in [0.2, 0.25) is 5.02 Å². The van der Waals surface area contributed by atoms with Gasteiger partial charge in [-0.1, -0.05) is 30.7 Å². The first-order valence-corrected chi connectivity index (χ1v) is 9.88. The molecule has 1 N–H and O–H groups in total. The largest absolute Gasteiger partial charge is 0.504 e. The molecule has 0 aliphatic heterocycles. The fourth-order valence-electron chi connectivity index (χ4n) is 2.17. The van der Waals surface area contributed by atoms with Gasteiger partial charge in [-0.05, 0) is 94.7 Å². The predicted octanol–water partition coefficient (Wildman–Crippen LogP) is 6.66. The van der Waals surface area contributed by atoms with E-state index in [0.29, 0.717) is 5.75 Å². The van der Waals surface area contributed by atoms with Crippen LogP contribution in [-0.4, -0.2) is 18.4 Å². The molecule has 0 saturated heterocycles. The molecule has 0 heterocycles. The summed E-state index contributed by atoms with van der Waals surface area (Å²) in [6.07, 6.45) is 2.82. The molecular weight excluding hydrogens is 473 g/mol. The molecular formula is C22H21ClINO2. The van der Waals surface area contributed by atoms with Crippen molar-refractivity contribution in [2.24, 2.45) is 4.99 Å². The third kappa shape index (κ3) is 7.23. The van der Waals surface area contributed by atoms with Crippen molar-refractivity contribution in [2.45, 2.75) is 13.3 Å². The summed E-state index contributed by atoms with van der Waals surface area (Å²) in [6, 6.07) is 21.0. The normalized spacial score (nSPS) is 10.4. The van der Waals surface area contributed by atoms with E-state index in [4.69, 9.17) is 16.3 Å². The average Bonchev–Trinajstić information content (AvgIpc) is 2.69. The van der Waals surface area contributed by atoms with Crippen LogP contribution < -0.4 is 4.74 Å². The molecule has 0 bridgehead atoms. The monoisotopic (exact) mass is 493 g/mol. The number of phenols is 1. The number of ether oxygens (including phenoxy) is 1. The maximum absolute atomic E-state index is 9.48. The quantitative estimate of drug-likeness (QED) is 0.326. The molecule has 0 aliphatic carbocycles. The lowest BCUT2D eigenvalue weighted by atomic mass is 10.2. The molecule has 0 aliphatic rings. The molecule has 0 amide bonds. The number of methoxy groups -OCH3 is 1. The minimum atomic E-state index is 0.129. The van der Waals surface area contributed by atoms with Crippen LogP contribution in [0.4, 0.5) is 5.69 Å². The van der Waals surface area contributed by atoms with Gasteiger partial charge in [-0.15, -0.1) is 0 Å². The Morgan fingerprint density at radius 1 is 1.04 bits per heavy atom. The van der Waals surface area contributed by atoms with E-state index >= 15 is 0 Å². The van der Waals surface area contributed by atoms with Crippen molar-refractivity contribution < 1.29 is 9.84 Å². The van der Waals surface area contributed by atoms with Crippen molar-refractivity contribution in [1.82, 2.24) is 0 Å². The van der Waals surface area contributed by atoms with E-state index in [0.717, 1.165) is 22.7 Å². The SMILES string of the molecule is CCc1ccc(Cl)cc1.COc1cc(C=Nc2ccc(I)cc2)ccc1O. The van der Waals surface area contributed by atoms with E-state index in [9.17, 15) is 5.11 Å². The number of halogens is 2. The van der Waals surface area contributed by atoms with E-state index in [1.807, 2.05) is 48.5 Å². The van der Waals surface area contributed by atoms with Gasteiger partial charge in [0.2, 0.25) is 0 Å². The van der Waals surface area contributed by atoms with Crippen LogP contribution in [0, 0.1) is 3.57 Å². The number of aliphatic imine (C=N–C) groups is 1. The highest BCUT2D eigenvalue weighted by Crippen LogP contribution is 2.25. The van der Waals surface area contributed by atoms with Crippen molar-refractivity contribution >= 4 is 46.1 Å². The van der Waals surface area contributed by atoms with E-state index in [1.54, 1.807) is 24.4 Å². The van der Waals surface area contributed by atoms with Gasteiger partial charge in [0, 0.05) is 14.8 Å². The predicted molar refractivity (Wildman–Crippen MR) is 122 cm³/mol. The topological polar surface area (TPSA) is 41.8 Å². The molecule has 3 aromatic rings. The highest BCUT2D eigenvalue weighted by Gasteiger charge is 2.00. The number of hydrogen-bond donors (Lipinski definition) is 1. The fourth-order valence-corrected chi connectivity index (χ4v) is 2.66. The lowest BCUT2D eigenvalue weighted by Gasteiger charge is -2.03. The summed E-state index contributed by atoms with van der Waals surface area (Å²) >= 11 is 7.92. The van der Waals surface area contributed by atoms with Gasteiger partial charge in [0.15, 0.2) is 11.5 Å². The number of nitrogens with zero attached hydrogens (tertiary/aromatic N) is 1. The molecule has 0 unspecified atom stereocenters. The number of benzene rings is 3. The van der Waals surface area contributed by atoms with Gasteiger partial charge in [-0.2, -0.15) is 0 Å². The first kappa shape index (κ1) is 21.3. The Labute approximate surface area is 178 Å². The molecule has 3 aromatic carbocycles. The summed E-state index contributed by atoms with van der Waals surface area (Å²) in [5.41, 5.74) is 3.10. The molecule has 5 heteroatoms. The Balaban J connectivity index is 0.000000244. The Morgan fingerprint density at radius 3 is 2.30 bits per heavy atom. The van der Waals surface area contributed by atoms with E-state index in [1.165, 1.54) is 16.2 Å². The number of aryl methyl sites for hydroxylation is 1. The van der Waals surface area contributed by atoms with Gasteiger partial charge in [0.25, 0.3) is 0 Å². The van der Waals surface area contributed by atoms with Crippen LogP contribution in [0.15, 0.2) is 71.7 Å². The fraction of sp³-hybridized carbons (Fsp3) is 0.136. The minimum absolute atomic E-state index is 0.129. The van der Waals surface area contributed by atoms with E-state index < -0.39 is 0 Å². The number of hydrogen-bond acceptors (Lipinski definition) is 3. The molecule has 0 radical (unpaired) electrons. The molecule has 27 heavy (non-hydrogen) atoms. The lowest BCUT2D eigenvalue weighted by Crippen LogP contribution is -1.86. The standard InChI is InChI=1S/C14H12INO2.C8H9Cl/c1-18-14-8-10(2-7-13(14)17)9-16-12-5-3-11(15)4-6-12;1-2-7-3-5-8(9)6-4-7/h2-9,17H,1H3;3-6H,2H2,1H3. The second-order valence-corrected chi connectivity index (χ2v) is 7.33. The van der Waals surface area contributed by atoms with Crippen molar-refractivity contribution in [3.05, 3.63) is 86.4 Å². The molecule has 140 valence electrons. The zero-order chi connectivity index (χ0) is 19.6. The first-order valence-electron chi connectivity index (χ1n) is 8.43. The van der Waals surface area contributed by atoms with Crippen LogP contribution in [0.3, 0.4) is 0 Å². The molecule has 0 fully saturated rings. The molecule has 0 atom stereocenters. The number of aromatic hydroxyl groups is 1. The minimum Gasteiger partial charge on any atom is -0.504 e.